The summed E-state index contributed by atoms with van der Waals surface area (Å²) in [5.41, 5.74) is 0.873. The topological polar surface area (TPSA) is 27.7 Å². The van der Waals surface area contributed by atoms with Crippen LogP contribution in [-0.4, -0.2) is 13.2 Å². The molecule has 0 saturated heterocycles. The van der Waals surface area contributed by atoms with Crippen LogP contribution in [0, 0.1) is 0 Å². The van der Waals surface area contributed by atoms with E-state index < -0.39 is 6.72 Å². The molecule has 3 nitrogen and oxygen atoms in total. The Labute approximate surface area is 123 Å². The summed E-state index contributed by atoms with van der Waals surface area (Å²) >= 11 is 17.0. The molecule has 0 amide bonds. The Morgan fingerprint density at radius 3 is 2.17 bits per heavy atom. The number of halogens is 2. The fourth-order valence-electron chi connectivity index (χ4n) is 1.21. The molecule has 0 N–H and O–H groups in total. The van der Waals surface area contributed by atoms with Crippen LogP contribution in [0.1, 0.15) is 19.4 Å². The highest BCUT2D eigenvalue weighted by Gasteiger charge is 2.19. The lowest BCUT2D eigenvalue weighted by Crippen LogP contribution is -2.00. The number of hydrogen-bond acceptors (Lipinski definition) is 4. The van der Waals surface area contributed by atoms with E-state index in [0.717, 1.165) is 5.56 Å². The predicted molar refractivity (Wildman–Crippen MR) is 78.8 cm³/mol. The van der Waals surface area contributed by atoms with Crippen LogP contribution in [0.15, 0.2) is 18.2 Å². The van der Waals surface area contributed by atoms with Crippen LogP contribution < -0.4 is 0 Å². The third kappa shape index (κ3) is 5.14. The van der Waals surface area contributed by atoms with E-state index in [9.17, 15) is 0 Å². The summed E-state index contributed by atoms with van der Waals surface area (Å²) in [7, 11) is 0. The highest BCUT2D eigenvalue weighted by Crippen LogP contribution is 2.50. The molecule has 0 aliphatic carbocycles. The summed E-state index contributed by atoms with van der Waals surface area (Å²) < 4.78 is 16.3. The van der Waals surface area contributed by atoms with Gasteiger partial charge in [-0.2, -0.15) is 0 Å². The van der Waals surface area contributed by atoms with Crippen LogP contribution in [0.2, 0.25) is 10.0 Å². The predicted octanol–water partition coefficient (Wildman–Crippen LogP) is 4.81. The smallest absolute Gasteiger partial charge is 0.309 e. The van der Waals surface area contributed by atoms with Gasteiger partial charge in [0.15, 0.2) is 0 Å². The first-order valence-electron chi connectivity index (χ1n) is 5.48. The van der Waals surface area contributed by atoms with Gasteiger partial charge in [0.05, 0.1) is 29.9 Å². The van der Waals surface area contributed by atoms with Gasteiger partial charge < -0.3 is 13.6 Å². The van der Waals surface area contributed by atoms with Gasteiger partial charge in [0.25, 0.3) is 0 Å². The van der Waals surface area contributed by atoms with Gasteiger partial charge in [-0.25, -0.2) is 0 Å². The fourth-order valence-corrected chi connectivity index (χ4v) is 3.49. The van der Waals surface area contributed by atoms with Crippen molar-refractivity contribution in [2.24, 2.45) is 0 Å². The van der Waals surface area contributed by atoms with E-state index in [0.29, 0.717) is 23.3 Å². The number of benzene rings is 1. The Balaban J connectivity index is 2.66. The highest BCUT2D eigenvalue weighted by molar-refractivity contribution is 8.07. The lowest BCUT2D eigenvalue weighted by Gasteiger charge is -2.20. The molecule has 0 aromatic heterocycles. The summed E-state index contributed by atoms with van der Waals surface area (Å²) in [6, 6.07) is 5.28. The second-order valence-corrected chi connectivity index (χ2v) is 7.13. The minimum Gasteiger partial charge on any atom is -0.309 e. The second-order valence-electron chi connectivity index (χ2n) is 3.30. The average molecular weight is 329 g/mol. The molecule has 0 saturated carbocycles. The molecule has 7 heteroatoms. The maximum absolute atomic E-state index is 5.92. The lowest BCUT2D eigenvalue weighted by atomic mass is 10.2. The molecule has 1 aromatic rings. The van der Waals surface area contributed by atoms with Crippen molar-refractivity contribution in [3.05, 3.63) is 33.8 Å². The van der Waals surface area contributed by atoms with Crippen molar-refractivity contribution < 1.29 is 13.6 Å². The van der Waals surface area contributed by atoms with Gasteiger partial charge in [-0.05, 0) is 43.4 Å². The molecule has 0 atom stereocenters. The largest absolute Gasteiger partial charge is 0.327 e. The highest BCUT2D eigenvalue weighted by atomic mass is 35.5. The van der Waals surface area contributed by atoms with Gasteiger partial charge in [0.1, 0.15) is 0 Å². The number of rotatable bonds is 7. The van der Waals surface area contributed by atoms with E-state index in [2.05, 4.69) is 0 Å². The van der Waals surface area contributed by atoms with Crippen molar-refractivity contribution in [3.63, 3.8) is 0 Å². The molecule has 0 bridgehead atoms. The quantitative estimate of drug-likeness (QED) is 0.671. The van der Waals surface area contributed by atoms with Crippen LogP contribution >= 0.6 is 29.9 Å². The van der Waals surface area contributed by atoms with Crippen LogP contribution in [0.3, 0.4) is 0 Å². The zero-order valence-corrected chi connectivity index (χ0v) is 13.4. The summed E-state index contributed by atoms with van der Waals surface area (Å²) in [4.78, 5) is 0. The van der Waals surface area contributed by atoms with Crippen LogP contribution in [-0.2, 0) is 32.0 Å². The Morgan fingerprint density at radius 1 is 1.06 bits per heavy atom. The Hall–Kier alpha value is 0.330. The molecule has 1 aromatic carbocycles. The molecular weight excluding hydrogens is 314 g/mol. The number of hydrogen-bond donors (Lipinski definition) is 0. The molecule has 18 heavy (non-hydrogen) atoms. The van der Waals surface area contributed by atoms with Crippen molar-refractivity contribution >= 4 is 41.7 Å². The van der Waals surface area contributed by atoms with Gasteiger partial charge in [-0.3, -0.25) is 0 Å². The lowest BCUT2D eigenvalue weighted by molar-refractivity contribution is 0.161. The maximum atomic E-state index is 5.92. The molecule has 0 unspecified atom stereocenters. The molecule has 1 rings (SSSR count). The van der Waals surface area contributed by atoms with E-state index in [1.165, 1.54) is 0 Å². The van der Waals surface area contributed by atoms with Crippen LogP contribution in [0.4, 0.5) is 0 Å². The zero-order chi connectivity index (χ0) is 13.6. The first kappa shape index (κ1) is 16.4. The van der Waals surface area contributed by atoms with E-state index in [4.69, 9.17) is 48.6 Å². The van der Waals surface area contributed by atoms with Crippen molar-refractivity contribution in [1.82, 2.24) is 0 Å². The summed E-state index contributed by atoms with van der Waals surface area (Å²) in [5, 5.41) is 0.994. The van der Waals surface area contributed by atoms with E-state index in [-0.39, 0.29) is 6.61 Å². The van der Waals surface area contributed by atoms with Crippen molar-refractivity contribution in [2.45, 2.75) is 20.5 Å². The molecular formula is C11H15Cl2O3PS. The Kier molecular flexibility index (Phi) is 7.11. The van der Waals surface area contributed by atoms with Crippen molar-refractivity contribution in [3.8, 4) is 0 Å². The average Bonchev–Trinajstić information content (AvgIpc) is 2.32. The van der Waals surface area contributed by atoms with Gasteiger partial charge in [-0.15, -0.1) is 0 Å². The van der Waals surface area contributed by atoms with E-state index in [1.807, 2.05) is 19.9 Å². The normalized spacial score (nSPS) is 11.8. The minimum absolute atomic E-state index is 0.286. The SMILES string of the molecule is CCOP(=S)(OCC)OCc1ccc(Cl)c(Cl)c1. The Morgan fingerprint density at radius 2 is 1.67 bits per heavy atom. The molecule has 0 spiro atoms. The molecule has 0 aliphatic heterocycles. The van der Waals surface area contributed by atoms with Gasteiger partial charge in [-0.1, -0.05) is 29.3 Å². The van der Waals surface area contributed by atoms with Gasteiger partial charge in [0, 0.05) is 0 Å². The van der Waals surface area contributed by atoms with E-state index in [1.54, 1.807) is 12.1 Å². The molecule has 102 valence electrons. The first-order chi connectivity index (χ1) is 8.50. The molecule has 0 aliphatic rings. The Bertz CT molecular complexity index is 432. The zero-order valence-electron chi connectivity index (χ0n) is 10.2. The third-order valence-electron chi connectivity index (χ3n) is 1.95. The van der Waals surface area contributed by atoms with Gasteiger partial charge in [0.2, 0.25) is 0 Å². The van der Waals surface area contributed by atoms with Crippen molar-refractivity contribution in [2.75, 3.05) is 13.2 Å². The molecule has 0 fully saturated rings. The van der Waals surface area contributed by atoms with Crippen molar-refractivity contribution in [1.29, 1.82) is 0 Å². The summed E-state index contributed by atoms with van der Waals surface area (Å²) in [6.07, 6.45) is 0. The maximum Gasteiger partial charge on any atom is 0.327 e. The summed E-state index contributed by atoms with van der Waals surface area (Å²) in [5.74, 6) is 0. The van der Waals surface area contributed by atoms with E-state index >= 15 is 0 Å². The van der Waals surface area contributed by atoms with Crippen LogP contribution in [0.5, 0.6) is 0 Å². The molecule has 0 radical (unpaired) electrons. The summed E-state index contributed by atoms with van der Waals surface area (Å²) in [6.45, 7) is 2.24. The second kappa shape index (κ2) is 7.81. The minimum atomic E-state index is -2.65. The first-order valence-corrected chi connectivity index (χ1v) is 8.79. The van der Waals surface area contributed by atoms with Crippen LogP contribution in [0.25, 0.3) is 0 Å². The standard InChI is InChI=1S/C11H15Cl2O3PS/c1-3-14-17(18,15-4-2)16-8-9-5-6-10(12)11(13)7-9/h5-7H,3-4,8H2,1-2H3. The van der Waals surface area contributed by atoms with Gasteiger partial charge >= 0.3 is 6.72 Å². The molecule has 0 heterocycles. The monoisotopic (exact) mass is 328 g/mol. The third-order valence-corrected chi connectivity index (χ3v) is 5.23. The fraction of sp³-hybridized carbons (Fsp3) is 0.455.